The number of anilines is 1. The fourth-order valence-electron chi connectivity index (χ4n) is 3.40. The first-order valence-corrected chi connectivity index (χ1v) is 10.2. The number of benzene rings is 2. The molecule has 0 bridgehead atoms. The van der Waals surface area contributed by atoms with Crippen molar-refractivity contribution in [2.75, 3.05) is 5.32 Å². The Balaban J connectivity index is 1.34. The zero-order valence-corrected chi connectivity index (χ0v) is 17.5. The van der Waals surface area contributed by atoms with Gasteiger partial charge in [0.2, 0.25) is 0 Å². The topological polar surface area (TPSA) is 86.2 Å². The van der Waals surface area contributed by atoms with E-state index in [1.54, 1.807) is 53.5 Å². The van der Waals surface area contributed by atoms with Crippen LogP contribution in [0.4, 0.5) is 5.69 Å². The Morgan fingerprint density at radius 3 is 2.62 bits per heavy atom. The van der Waals surface area contributed by atoms with Crippen LogP contribution in [0.3, 0.4) is 0 Å². The SMILES string of the molecule is O=C(Nc1cccc(Cn2nc3ccccn3c2=O)c1)c1ccn(-c2ccccc2Cl)n1. The number of nitrogens with zero attached hydrogens (tertiary/aromatic N) is 5. The van der Waals surface area contributed by atoms with Crippen molar-refractivity contribution in [2.45, 2.75) is 6.54 Å². The second-order valence-corrected chi connectivity index (χ2v) is 7.53. The van der Waals surface area contributed by atoms with E-state index >= 15 is 0 Å². The molecule has 0 atom stereocenters. The molecule has 0 aliphatic heterocycles. The summed E-state index contributed by atoms with van der Waals surface area (Å²) in [6.07, 6.45) is 3.36. The number of para-hydroxylation sites is 1. The largest absolute Gasteiger partial charge is 0.350 e. The molecule has 2 aromatic carbocycles. The quantitative estimate of drug-likeness (QED) is 0.448. The first-order chi connectivity index (χ1) is 15.6. The summed E-state index contributed by atoms with van der Waals surface area (Å²) in [4.78, 5) is 25.2. The number of pyridine rings is 1. The second-order valence-electron chi connectivity index (χ2n) is 7.12. The number of amides is 1. The molecule has 0 fully saturated rings. The number of hydrogen-bond acceptors (Lipinski definition) is 4. The number of rotatable bonds is 5. The molecule has 3 heterocycles. The maximum absolute atomic E-state index is 12.7. The Labute approximate surface area is 187 Å². The molecule has 0 aliphatic carbocycles. The average Bonchev–Trinajstić information content (AvgIpc) is 3.40. The molecule has 32 heavy (non-hydrogen) atoms. The molecule has 0 aliphatic rings. The fraction of sp³-hybridized carbons (Fsp3) is 0.0435. The van der Waals surface area contributed by atoms with Gasteiger partial charge in [-0.1, -0.05) is 41.9 Å². The van der Waals surface area contributed by atoms with Crippen LogP contribution in [0.1, 0.15) is 16.1 Å². The van der Waals surface area contributed by atoms with Crippen molar-refractivity contribution in [1.82, 2.24) is 24.0 Å². The van der Waals surface area contributed by atoms with E-state index in [-0.39, 0.29) is 23.8 Å². The first kappa shape index (κ1) is 19.8. The predicted octanol–water partition coefficient (Wildman–Crippen LogP) is 3.64. The summed E-state index contributed by atoms with van der Waals surface area (Å²) in [5, 5.41) is 12.0. The molecule has 1 amide bonds. The van der Waals surface area contributed by atoms with Crippen molar-refractivity contribution >= 4 is 28.8 Å². The van der Waals surface area contributed by atoms with E-state index in [2.05, 4.69) is 15.5 Å². The number of carbonyl (C=O) groups is 1. The van der Waals surface area contributed by atoms with Gasteiger partial charge in [0.15, 0.2) is 11.3 Å². The van der Waals surface area contributed by atoms with E-state index in [4.69, 9.17) is 11.6 Å². The van der Waals surface area contributed by atoms with Gasteiger partial charge in [-0.05, 0) is 48.0 Å². The van der Waals surface area contributed by atoms with Crippen LogP contribution in [0, 0.1) is 0 Å². The zero-order chi connectivity index (χ0) is 22.1. The van der Waals surface area contributed by atoms with Gasteiger partial charge in [0.25, 0.3) is 5.91 Å². The Morgan fingerprint density at radius 2 is 1.78 bits per heavy atom. The van der Waals surface area contributed by atoms with Crippen LogP contribution < -0.4 is 11.0 Å². The summed E-state index contributed by atoms with van der Waals surface area (Å²) in [5.41, 5.74) is 2.72. The lowest BCUT2D eigenvalue weighted by molar-refractivity contribution is 0.102. The molecule has 1 N–H and O–H groups in total. The molecule has 0 radical (unpaired) electrons. The third kappa shape index (κ3) is 3.79. The number of carbonyl (C=O) groups excluding carboxylic acids is 1. The summed E-state index contributed by atoms with van der Waals surface area (Å²) >= 11 is 6.21. The van der Waals surface area contributed by atoms with Crippen molar-refractivity contribution in [3.8, 4) is 5.69 Å². The maximum Gasteiger partial charge on any atom is 0.350 e. The van der Waals surface area contributed by atoms with E-state index in [0.717, 1.165) is 5.56 Å². The Bertz CT molecular complexity index is 1500. The lowest BCUT2D eigenvalue weighted by Gasteiger charge is -2.07. The molecular formula is C23H17ClN6O2. The zero-order valence-electron chi connectivity index (χ0n) is 16.7. The molecule has 3 aromatic heterocycles. The lowest BCUT2D eigenvalue weighted by atomic mass is 10.2. The smallest absolute Gasteiger partial charge is 0.321 e. The molecule has 158 valence electrons. The lowest BCUT2D eigenvalue weighted by Crippen LogP contribution is -2.21. The van der Waals surface area contributed by atoms with Gasteiger partial charge in [0.1, 0.15) is 0 Å². The second kappa shape index (κ2) is 8.16. The van der Waals surface area contributed by atoms with E-state index in [1.807, 2.05) is 36.4 Å². The normalized spacial score (nSPS) is 11.0. The summed E-state index contributed by atoms with van der Waals surface area (Å²) < 4.78 is 4.44. The molecule has 9 heteroatoms. The van der Waals surface area contributed by atoms with Gasteiger partial charge in [-0.25, -0.2) is 14.2 Å². The Morgan fingerprint density at radius 1 is 0.938 bits per heavy atom. The summed E-state index contributed by atoms with van der Waals surface area (Å²) in [5.74, 6) is -0.349. The summed E-state index contributed by atoms with van der Waals surface area (Å²) in [6.45, 7) is 0.283. The number of fused-ring (bicyclic) bond motifs is 1. The van der Waals surface area contributed by atoms with Crippen molar-refractivity contribution in [3.05, 3.63) is 112 Å². The maximum atomic E-state index is 12.7. The van der Waals surface area contributed by atoms with Crippen LogP contribution >= 0.6 is 11.6 Å². The third-order valence-electron chi connectivity index (χ3n) is 4.93. The van der Waals surface area contributed by atoms with Crippen molar-refractivity contribution in [2.24, 2.45) is 0 Å². The van der Waals surface area contributed by atoms with E-state index in [0.29, 0.717) is 22.0 Å². The molecule has 8 nitrogen and oxygen atoms in total. The molecule has 5 rings (SSSR count). The minimum absolute atomic E-state index is 0.222. The van der Waals surface area contributed by atoms with Crippen LogP contribution in [0.25, 0.3) is 11.3 Å². The highest BCUT2D eigenvalue weighted by Gasteiger charge is 2.13. The number of aromatic nitrogens is 5. The number of hydrogen-bond donors (Lipinski definition) is 1. The molecular weight excluding hydrogens is 428 g/mol. The average molecular weight is 445 g/mol. The van der Waals surface area contributed by atoms with Gasteiger partial charge >= 0.3 is 5.69 Å². The van der Waals surface area contributed by atoms with Crippen LogP contribution in [-0.4, -0.2) is 29.9 Å². The van der Waals surface area contributed by atoms with Crippen LogP contribution in [0.2, 0.25) is 5.02 Å². The molecule has 0 unspecified atom stereocenters. The van der Waals surface area contributed by atoms with Crippen LogP contribution in [-0.2, 0) is 6.54 Å². The minimum atomic E-state index is -0.349. The van der Waals surface area contributed by atoms with Gasteiger partial charge in [-0.3, -0.25) is 9.20 Å². The molecule has 0 spiro atoms. The van der Waals surface area contributed by atoms with Gasteiger partial charge in [0, 0.05) is 18.1 Å². The number of halogens is 1. The van der Waals surface area contributed by atoms with Crippen molar-refractivity contribution in [1.29, 1.82) is 0 Å². The molecule has 5 aromatic rings. The summed E-state index contributed by atoms with van der Waals surface area (Å²) in [6, 6.07) is 21.5. The van der Waals surface area contributed by atoms with Crippen molar-refractivity contribution in [3.63, 3.8) is 0 Å². The highest BCUT2D eigenvalue weighted by molar-refractivity contribution is 6.32. The van der Waals surface area contributed by atoms with Gasteiger partial charge < -0.3 is 5.32 Å². The first-order valence-electron chi connectivity index (χ1n) is 9.83. The van der Waals surface area contributed by atoms with Gasteiger partial charge in [-0.15, -0.1) is 5.10 Å². The van der Waals surface area contributed by atoms with E-state index in [1.165, 1.54) is 9.08 Å². The van der Waals surface area contributed by atoms with E-state index < -0.39 is 0 Å². The fourth-order valence-corrected chi connectivity index (χ4v) is 3.63. The monoisotopic (exact) mass is 444 g/mol. The Hall–Kier alpha value is -4.17. The van der Waals surface area contributed by atoms with Crippen LogP contribution in [0.5, 0.6) is 0 Å². The third-order valence-corrected chi connectivity index (χ3v) is 5.25. The van der Waals surface area contributed by atoms with E-state index in [9.17, 15) is 9.59 Å². The highest BCUT2D eigenvalue weighted by atomic mass is 35.5. The highest BCUT2D eigenvalue weighted by Crippen LogP contribution is 2.19. The van der Waals surface area contributed by atoms with Gasteiger partial charge in [-0.2, -0.15) is 5.10 Å². The summed E-state index contributed by atoms with van der Waals surface area (Å²) in [7, 11) is 0. The minimum Gasteiger partial charge on any atom is -0.321 e. The molecule has 0 saturated heterocycles. The Kier molecular flexibility index (Phi) is 5.04. The van der Waals surface area contributed by atoms with Crippen molar-refractivity contribution < 1.29 is 4.79 Å². The van der Waals surface area contributed by atoms with Crippen LogP contribution in [0.15, 0.2) is 90.0 Å². The van der Waals surface area contributed by atoms with Gasteiger partial charge in [0.05, 0.1) is 17.3 Å². The standard InChI is InChI=1S/C23H17ClN6O2/c24-18-8-1-2-9-20(18)29-13-11-19(26-29)22(31)25-17-7-5-6-16(14-17)15-30-23(32)28-12-4-3-10-21(28)27-30/h1-14H,15H2,(H,25,31). The molecule has 0 saturated carbocycles. The number of nitrogens with one attached hydrogen (secondary N) is 1. The predicted molar refractivity (Wildman–Crippen MR) is 122 cm³/mol.